The van der Waals surface area contributed by atoms with E-state index in [-0.39, 0.29) is 16.3 Å². The summed E-state index contributed by atoms with van der Waals surface area (Å²) in [6.07, 6.45) is 6.81. The minimum Gasteiger partial charge on any atom is -0.472 e. The predicted octanol–water partition coefficient (Wildman–Crippen LogP) is 15.1. The molecule has 10 rings (SSSR count). The highest BCUT2D eigenvalue weighted by Crippen LogP contribution is 2.33. The summed E-state index contributed by atoms with van der Waals surface area (Å²) in [6, 6.07) is 9.71. The molecule has 10 aromatic heterocycles. The normalized spacial score (nSPS) is 10.3. The Morgan fingerprint density at radius 3 is 1.17 bits per heavy atom. The number of rotatable bonds is 0. The number of aromatic nitrogens is 14. The molecule has 0 spiro atoms. The number of aryl methyl sites for hydroxylation is 19. The fourth-order valence-corrected chi connectivity index (χ4v) is 6.47. The van der Waals surface area contributed by atoms with Crippen molar-refractivity contribution in [2.45, 2.75) is 109 Å². The summed E-state index contributed by atoms with van der Waals surface area (Å²) >= 11 is 16.8. The predicted molar refractivity (Wildman–Crippen MR) is 310 cm³/mol. The second kappa shape index (κ2) is 34.3. The van der Waals surface area contributed by atoms with Crippen LogP contribution in [0.4, 0.5) is 26.3 Å². The maximum atomic E-state index is 12.1. The molecular formula is C56H77Cl3F6N14O3. The fourth-order valence-electron chi connectivity index (χ4n) is 6.09. The Morgan fingerprint density at radius 1 is 0.476 bits per heavy atom. The molecule has 0 bridgehead atoms. The Labute approximate surface area is 491 Å². The molecule has 0 radical (unpaired) electrons. The molecule has 0 fully saturated rings. The second-order valence-corrected chi connectivity index (χ2v) is 19.7. The third kappa shape index (κ3) is 26.6. The van der Waals surface area contributed by atoms with Gasteiger partial charge >= 0.3 is 12.4 Å². The van der Waals surface area contributed by atoms with Crippen LogP contribution in [0.5, 0.6) is 0 Å². The zero-order valence-electron chi connectivity index (χ0n) is 50.5. The van der Waals surface area contributed by atoms with Crippen LogP contribution in [0.15, 0.2) is 99.6 Å². The third-order valence-corrected chi connectivity index (χ3v) is 12.6. The van der Waals surface area contributed by atoms with Gasteiger partial charge in [-0.25, -0.2) is 0 Å². The molecule has 0 saturated carbocycles. The van der Waals surface area contributed by atoms with E-state index in [9.17, 15) is 26.3 Å². The van der Waals surface area contributed by atoms with Gasteiger partial charge in [0.05, 0.1) is 48.8 Å². The molecule has 0 aliphatic heterocycles. The van der Waals surface area contributed by atoms with Crippen LogP contribution in [0.25, 0.3) is 0 Å². The van der Waals surface area contributed by atoms with E-state index >= 15 is 0 Å². The zero-order valence-corrected chi connectivity index (χ0v) is 52.7. The maximum absolute atomic E-state index is 12.1. The minimum atomic E-state index is -4.42. The van der Waals surface area contributed by atoms with E-state index in [1.165, 1.54) is 67.8 Å². The molecule has 17 nitrogen and oxygen atoms in total. The lowest BCUT2D eigenvalue weighted by Gasteiger charge is -2.01. The highest BCUT2D eigenvalue weighted by atomic mass is 35.5. The van der Waals surface area contributed by atoms with Crippen LogP contribution in [0.2, 0.25) is 15.5 Å². The van der Waals surface area contributed by atoms with E-state index < -0.39 is 23.7 Å². The van der Waals surface area contributed by atoms with Crippen molar-refractivity contribution >= 4 is 34.8 Å². The Balaban J connectivity index is 0.000000458. The van der Waals surface area contributed by atoms with Gasteiger partial charge < -0.3 is 13.3 Å². The van der Waals surface area contributed by atoms with Gasteiger partial charge in [-0.1, -0.05) is 34.8 Å². The van der Waals surface area contributed by atoms with Crippen molar-refractivity contribution < 1.29 is 39.6 Å². The Hall–Kier alpha value is -7.24. The van der Waals surface area contributed by atoms with E-state index in [0.29, 0.717) is 10.3 Å². The lowest BCUT2D eigenvalue weighted by Crippen LogP contribution is -2.08. The zero-order chi connectivity index (χ0) is 63.0. The monoisotopic (exact) mass is 1210 g/mol. The van der Waals surface area contributed by atoms with Crippen LogP contribution < -0.4 is 0 Å². The molecule has 82 heavy (non-hydrogen) atoms. The van der Waals surface area contributed by atoms with E-state index in [0.717, 1.165) is 43.4 Å². The van der Waals surface area contributed by atoms with Crippen LogP contribution in [0, 0.1) is 96.9 Å². The fraction of sp³-hybridized carbons (Fsp3) is 0.411. The SMILES string of the molecule is Cc1c(C(F)(F)F)nn(C)c1Cl.Cc1cc(C)n(C)n1.Cc1ccco1.Cc1ccoc1.Cc1ccoc1C.Cc1cn(C)nc1C.Cc1cn(C)nc1C(F)(F)F.Cc1cn(C)nc1Cl.Cc1cnn(C)c1C.Cc1cnn(C)c1Cl. The van der Waals surface area contributed by atoms with Crippen molar-refractivity contribution in [3.8, 4) is 0 Å². The summed E-state index contributed by atoms with van der Waals surface area (Å²) in [5.74, 6) is 1.98. The molecule has 10 aromatic rings. The van der Waals surface area contributed by atoms with E-state index in [1.807, 2.05) is 154 Å². The molecule has 10 heterocycles. The highest BCUT2D eigenvalue weighted by molar-refractivity contribution is 6.30. The molecule has 0 unspecified atom stereocenters. The van der Waals surface area contributed by atoms with Gasteiger partial charge in [0.2, 0.25) is 0 Å². The lowest BCUT2D eigenvalue weighted by molar-refractivity contribution is -0.142. The van der Waals surface area contributed by atoms with Crippen LogP contribution in [-0.4, -0.2) is 68.5 Å². The number of hydrogen-bond acceptors (Lipinski definition) is 10. The van der Waals surface area contributed by atoms with Crippen molar-refractivity contribution in [2.75, 3.05) is 0 Å². The van der Waals surface area contributed by atoms with Gasteiger partial charge in [0.25, 0.3) is 0 Å². The average Bonchev–Trinajstić information content (AvgIpc) is 4.37. The van der Waals surface area contributed by atoms with Crippen LogP contribution in [-0.2, 0) is 61.7 Å². The van der Waals surface area contributed by atoms with Crippen molar-refractivity contribution in [1.82, 2.24) is 68.5 Å². The Bertz CT molecular complexity index is 3070. The highest BCUT2D eigenvalue weighted by Gasteiger charge is 2.37. The number of halogens is 9. The molecular weight excluding hydrogens is 1140 g/mol. The first-order valence-electron chi connectivity index (χ1n) is 24.9. The summed E-state index contributed by atoms with van der Waals surface area (Å²) in [7, 11) is 12.3. The van der Waals surface area contributed by atoms with Crippen molar-refractivity contribution in [2.24, 2.45) is 49.3 Å². The van der Waals surface area contributed by atoms with E-state index in [2.05, 4.69) is 62.5 Å². The molecule has 0 aliphatic rings. The van der Waals surface area contributed by atoms with Gasteiger partial charge in [-0.05, 0) is 155 Å². The number of alkyl halides is 6. The maximum Gasteiger partial charge on any atom is 0.435 e. The number of hydrogen-bond donors (Lipinski definition) is 0. The van der Waals surface area contributed by atoms with Gasteiger partial charge in [-0.3, -0.25) is 32.8 Å². The van der Waals surface area contributed by atoms with Crippen molar-refractivity contribution in [3.05, 3.63) is 192 Å². The first kappa shape index (κ1) is 72.8. The minimum absolute atomic E-state index is 0.0160. The number of nitrogens with zero attached hydrogens (tertiary/aromatic N) is 14. The van der Waals surface area contributed by atoms with Gasteiger partial charge in [0.15, 0.2) is 16.5 Å². The second-order valence-electron chi connectivity index (χ2n) is 18.6. The Morgan fingerprint density at radius 2 is 1.02 bits per heavy atom. The van der Waals surface area contributed by atoms with Gasteiger partial charge in [-0.15, -0.1) is 0 Å². The first-order valence-corrected chi connectivity index (χ1v) is 26.0. The van der Waals surface area contributed by atoms with E-state index in [1.54, 1.807) is 40.6 Å². The topological polar surface area (TPSA) is 164 Å². The molecule has 0 atom stereocenters. The van der Waals surface area contributed by atoms with Gasteiger partial charge in [0.1, 0.15) is 21.8 Å². The molecule has 0 amide bonds. The van der Waals surface area contributed by atoms with Crippen LogP contribution >= 0.6 is 34.8 Å². The first-order chi connectivity index (χ1) is 37.9. The summed E-state index contributed by atoms with van der Waals surface area (Å²) in [5, 5.41) is 27.9. The van der Waals surface area contributed by atoms with Crippen molar-refractivity contribution in [3.63, 3.8) is 0 Å². The lowest BCUT2D eigenvalue weighted by atomic mass is 10.3. The molecule has 0 aliphatic carbocycles. The molecule has 26 heteroatoms. The standard InChI is InChI=1S/C6H6ClF3N2.C6H7F3N2.3C6H10N2.C6H8O.2C5H7ClN2.2C5H6O/c1-3-4(6(8,9)10)11-12(2)5(3)7;1-4-3-11(2)10-5(4)6(7,8)9;1-5-4-8(3)7-6(5)2;1-5-4-7-8(3)6(5)2;1-5-4-6(2)8(3)7-5;1-5-3-4-7-6(5)2;1-4-3-8(2)7-5(4)6;1-4-3-7-8(2)5(4)6;1-5-2-3-6-4-5;1-5-3-2-4-6-5/h1-2H3;3H,1-2H3;3*4H,1-3H3;3-4H,1-2H3;2*3H,1-2H3;2*2-4H,1H3. The van der Waals surface area contributed by atoms with Crippen LogP contribution in [0.3, 0.4) is 0 Å². The third-order valence-electron chi connectivity index (χ3n) is 11.2. The molecule has 452 valence electrons. The number of furan rings is 3. The quantitative estimate of drug-likeness (QED) is 0.133. The molecule has 0 N–H and O–H groups in total. The van der Waals surface area contributed by atoms with E-state index in [4.69, 9.17) is 48.1 Å². The van der Waals surface area contributed by atoms with Gasteiger partial charge in [-0.2, -0.15) is 62.0 Å². The van der Waals surface area contributed by atoms with Crippen LogP contribution in [0.1, 0.15) is 90.2 Å². The summed E-state index contributed by atoms with van der Waals surface area (Å²) in [4.78, 5) is 0. The van der Waals surface area contributed by atoms with Gasteiger partial charge in [0, 0.05) is 96.0 Å². The molecule has 0 saturated heterocycles. The van der Waals surface area contributed by atoms with Crippen molar-refractivity contribution in [1.29, 1.82) is 0 Å². The summed E-state index contributed by atoms with van der Waals surface area (Å²) in [5.41, 5.74) is 10.0. The Kier molecular flexibility index (Phi) is 30.4. The summed E-state index contributed by atoms with van der Waals surface area (Å²) in [6.45, 7) is 26.6. The smallest absolute Gasteiger partial charge is 0.435 e. The molecule has 0 aromatic carbocycles. The average molecular weight is 1210 g/mol. The summed E-state index contributed by atoms with van der Waals surface area (Å²) < 4.78 is 97.8. The largest absolute Gasteiger partial charge is 0.472 e.